The minimum atomic E-state index is -1.09. The van der Waals surface area contributed by atoms with Crippen molar-refractivity contribution >= 4 is 19.4 Å². The molecule has 1 atom stereocenters. The third kappa shape index (κ3) is 2.26. The number of rotatable bonds is 3. The van der Waals surface area contributed by atoms with E-state index in [0.717, 1.165) is 15.8 Å². The first-order chi connectivity index (χ1) is 6.42. The summed E-state index contributed by atoms with van der Waals surface area (Å²) in [5, 5.41) is -1.09. The monoisotopic (exact) mass is 232 g/mol. The van der Waals surface area contributed by atoms with E-state index < -0.39 is 5.27 Å². The molecule has 0 N–H and O–H groups in total. The van der Waals surface area contributed by atoms with Crippen molar-refractivity contribution in [2.75, 3.05) is 7.11 Å². The number of benzene rings is 1. The predicted octanol–water partition coefficient (Wildman–Crippen LogP) is 1.77. The zero-order valence-electron chi connectivity index (χ0n) is 9.55. The molecule has 0 aliphatic carbocycles. The summed E-state index contributed by atoms with van der Waals surface area (Å²) in [5.74, 6) is 0.832. The molecule has 12 heavy (non-hydrogen) atoms. The van der Waals surface area contributed by atoms with Crippen molar-refractivity contribution in [2.24, 2.45) is 0 Å². The van der Waals surface area contributed by atoms with Crippen LogP contribution in [0.25, 0.3) is 0 Å². The summed E-state index contributed by atoms with van der Waals surface area (Å²) in [6.45, 7) is 3.61. The Morgan fingerprint density at radius 3 is 3.00 bits per heavy atom. The molecule has 0 aromatic heterocycles. The predicted molar refractivity (Wildman–Crippen MR) is 53.6 cm³/mol. The molecule has 0 fully saturated rings. The zero-order valence-corrected chi connectivity index (χ0v) is 9.26. The average molecular weight is 231 g/mol. The number of hydrogen-bond donors (Lipinski definition) is 0. The molecule has 0 aliphatic rings. The van der Waals surface area contributed by atoms with Gasteiger partial charge in [-0.2, -0.15) is 0 Å². The Hall–Kier alpha value is -0.461. The number of methoxy groups -OCH3 is 1. The van der Waals surface area contributed by atoms with Crippen molar-refractivity contribution in [3.63, 3.8) is 0 Å². The van der Waals surface area contributed by atoms with Crippen molar-refractivity contribution in [2.45, 2.75) is 19.1 Å². The van der Waals surface area contributed by atoms with Gasteiger partial charge in [0.25, 0.3) is 0 Å². The summed E-state index contributed by atoms with van der Waals surface area (Å²) in [7, 11) is 1.64. The van der Waals surface area contributed by atoms with Crippen LogP contribution < -0.4 is 9.20 Å². The van der Waals surface area contributed by atoms with Gasteiger partial charge in [0.2, 0.25) is 0 Å². The minimum absolute atomic E-state index is 0.136. The van der Waals surface area contributed by atoms with Crippen LogP contribution in [0, 0.1) is 6.92 Å². The van der Waals surface area contributed by atoms with Crippen LogP contribution >= 0.6 is 0 Å². The fourth-order valence-corrected chi connectivity index (χ4v) is 2.18. The molecule has 0 saturated carbocycles. The number of aryl methyl sites for hydroxylation is 1. The van der Waals surface area contributed by atoms with Gasteiger partial charge in [0, 0.05) is 0 Å². The van der Waals surface area contributed by atoms with Gasteiger partial charge in [-0.05, 0) is 0 Å². The second kappa shape index (κ2) is 4.54. The number of ether oxygens (including phenoxy) is 1. The van der Waals surface area contributed by atoms with Crippen molar-refractivity contribution in [1.29, 1.82) is 0 Å². The normalized spacial score (nSPS) is 17.6. The molecule has 0 amide bonds. The molecule has 66 valence electrons. The molecule has 0 spiro atoms. The summed E-state index contributed by atoms with van der Waals surface area (Å²) in [6, 6.07) is 5.79. The van der Waals surface area contributed by atoms with E-state index in [9.17, 15) is 0 Å². The van der Waals surface area contributed by atoms with Crippen LogP contribution in [-0.4, -0.2) is 22.1 Å². The maximum atomic E-state index is 7.53. The van der Waals surface area contributed by atoms with E-state index in [1.54, 1.807) is 14.0 Å². The Labute approximate surface area is 83.1 Å². The summed E-state index contributed by atoms with van der Waals surface area (Å²) < 4.78 is 21.3. The van der Waals surface area contributed by atoms with Crippen molar-refractivity contribution in [3.8, 4) is 5.75 Å². The van der Waals surface area contributed by atoms with E-state index >= 15 is 0 Å². The Morgan fingerprint density at radius 1 is 1.75 bits per heavy atom. The van der Waals surface area contributed by atoms with Crippen LogP contribution in [0.3, 0.4) is 0 Å². The Kier molecular flexibility index (Phi) is 2.64. The summed E-state index contributed by atoms with van der Waals surface area (Å²) in [5.41, 5.74) is 1.11. The molecule has 1 rings (SSSR count). The Morgan fingerprint density at radius 2 is 2.50 bits per heavy atom. The first kappa shape index (κ1) is 6.99. The molecule has 0 saturated heterocycles. The molecular weight excluding hydrogens is 216 g/mol. The Balaban J connectivity index is 2.89. The molecule has 0 radical (unpaired) electrons. The van der Waals surface area contributed by atoms with Gasteiger partial charge < -0.3 is 0 Å². The van der Waals surface area contributed by atoms with Crippen LogP contribution in [0.2, 0.25) is 5.27 Å². The van der Waals surface area contributed by atoms with Crippen LogP contribution in [0.1, 0.15) is 15.2 Å². The summed E-state index contributed by atoms with van der Waals surface area (Å²) in [4.78, 5) is 0. The van der Waals surface area contributed by atoms with Crippen LogP contribution in [0.5, 0.6) is 5.75 Å². The zero-order chi connectivity index (χ0) is 10.8. The van der Waals surface area contributed by atoms with Gasteiger partial charge in [0.1, 0.15) is 0 Å². The Bertz CT molecular complexity index is 320. The summed E-state index contributed by atoms with van der Waals surface area (Å²) >= 11 is -0.136. The second-order valence-electron chi connectivity index (χ2n) is 2.44. The van der Waals surface area contributed by atoms with Gasteiger partial charge in [-0.15, -0.1) is 0 Å². The van der Waals surface area contributed by atoms with E-state index in [2.05, 4.69) is 0 Å². The van der Waals surface area contributed by atoms with Crippen molar-refractivity contribution < 1.29 is 7.48 Å². The first-order valence-corrected chi connectivity index (χ1v) is 5.47. The molecule has 1 nitrogen and oxygen atoms in total. The fraction of sp³-hybridized carbons (Fsp3) is 0.400. The van der Waals surface area contributed by atoms with Crippen LogP contribution in [0.4, 0.5) is 0 Å². The van der Waals surface area contributed by atoms with Gasteiger partial charge in [-0.25, -0.2) is 0 Å². The van der Waals surface area contributed by atoms with Gasteiger partial charge in [0.15, 0.2) is 0 Å². The van der Waals surface area contributed by atoms with E-state index in [-0.39, 0.29) is 15.0 Å². The molecule has 0 heterocycles. The van der Waals surface area contributed by atoms with Gasteiger partial charge >= 0.3 is 82.6 Å². The van der Waals surface area contributed by atoms with E-state index in [1.807, 2.05) is 25.1 Å². The quantitative estimate of drug-likeness (QED) is 0.569. The van der Waals surface area contributed by atoms with Crippen LogP contribution in [0.15, 0.2) is 18.2 Å². The molecule has 0 bridgehead atoms. The third-order valence-electron chi connectivity index (χ3n) is 1.59. The molecule has 1 aromatic rings. The fourth-order valence-electron chi connectivity index (χ4n) is 0.973. The number of hydrogen-bond acceptors (Lipinski definition) is 1. The average Bonchev–Trinajstić information content (AvgIpc) is 2.06. The maximum absolute atomic E-state index is 7.53. The second-order valence-corrected chi connectivity index (χ2v) is 4.65. The molecule has 1 unspecified atom stereocenters. The standard InChI is InChI=1S/C10H14OSe/c1-4-12-10-6-5-9(11-3)7-8(10)2/h5-7H,4H2,1-3H3/i4+1DH. The van der Waals surface area contributed by atoms with Gasteiger partial charge in [0.05, 0.1) is 0 Å². The SMILES string of the molecule is [1H][13C]([2H])(C)[Se]c1ccc(OC)cc1C. The van der Waals surface area contributed by atoms with Gasteiger partial charge in [-0.1, -0.05) is 0 Å². The van der Waals surface area contributed by atoms with E-state index in [0.29, 0.717) is 0 Å². The molecule has 2 heteroatoms. The first-order valence-electron chi connectivity index (χ1n) is 4.76. The topological polar surface area (TPSA) is 9.23 Å². The van der Waals surface area contributed by atoms with Crippen molar-refractivity contribution in [1.82, 2.24) is 0 Å². The molecule has 1 aromatic carbocycles. The van der Waals surface area contributed by atoms with E-state index in [4.69, 9.17) is 7.48 Å². The van der Waals surface area contributed by atoms with Gasteiger partial charge in [-0.3, -0.25) is 0 Å². The molecule has 0 aliphatic heterocycles. The summed E-state index contributed by atoms with van der Waals surface area (Å²) in [6.07, 6.45) is 0. The molecular formula is C10H14OSe. The van der Waals surface area contributed by atoms with Crippen LogP contribution in [-0.2, 0) is 0 Å². The van der Waals surface area contributed by atoms with Crippen molar-refractivity contribution in [3.05, 3.63) is 23.8 Å². The van der Waals surface area contributed by atoms with E-state index in [1.165, 1.54) is 0 Å². The third-order valence-corrected chi connectivity index (χ3v) is 3.44.